The highest BCUT2D eigenvalue weighted by Gasteiger charge is 2.20. The van der Waals surface area contributed by atoms with Gasteiger partial charge in [0.15, 0.2) is 0 Å². The van der Waals surface area contributed by atoms with E-state index in [0.717, 1.165) is 51.4 Å². The molecule has 0 aromatic carbocycles. The molecule has 0 saturated heterocycles. The minimum Gasteiger partial charge on any atom is -0.466 e. The molecule has 0 fully saturated rings. The smallest absolute Gasteiger partial charge is 0.305 e. The Labute approximate surface area is 443 Å². The number of nitrogens with one attached hydrogen (secondary N) is 1. The van der Waals surface area contributed by atoms with Crippen LogP contribution in [0.4, 0.5) is 0 Å². The van der Waals surface area contributed by atoms with E-state index in [1.165, 1.54) is 257 Å². The van der Waals surface area contributed by atoms with Crippen LogP contribution in [0.3, 0.4) is 0 Å². The van der Waals surface area contributed by atoms with Gasteiger partial charge in [-0.2, -0.15) is 0 Å². The van der Waals surface area contributed by atoms with Crippen molar-refractivity contribution < 1.29 is 24.5 Å². The first-order valence-electron chi connectivity index (χ1n) is 31.7. The van der Waals surface area contributed by atoms with Crippen molar-refractivity contribution in [1.82, 2.24) is 5.32 Å². The summed E-state index contributed by atoms with van der Waals surface area (Å²) in [5.41, 5.74) is 0. The van der Waals surface area contributed by atoms with Gasteiger partial charge in [0, 0.05) is 12.8 Å². The second-order valence-corrected chi connectivity index (χ2v) is 21.7. The molecule has 0 aromatic rings. The van der Waals surface area contributed by atoms with Crippen LogP contribution in [0.15, 0.2) is 36.5 Å². The number of esters is 1. The summed E-state index contributed by atoms with van der Waals surface area (Å²) in [5.74, 6) is -0.0375. The molecule has 71 heavy (non-hydrogen) atoms. The highest BCUT2D eigenvalue weighted by Crippen LogP contribution is 2.17. The minimum absolute atomic E-state index is 0.000495. The fourth-order valence-corrected chi connectivity index (χ4v) is 9.78. The maximum Gasteiger partial charge on any atom is 0.305 e. The van der Waals surface area contributed by atoms with E-state index in [9.17, 15) is 19.8 Å². The normalized spacial score (nSPS) is 12.8. The summed E-state index contributed by atoms with van der Waals surface area (Å²) in [6.07, 6.45) is 75.9. The number of carbonyl (C=O) groups excluding carboxylic acids is 2. The Balaban J connectivity index is 3.39. The summed E-state index contributed by atoms with van der Waals surface area (Å²) in [6, 6.07) is -0.544. The van der Waals surface area contributed by atoms with Crippen molar-refractivity contribution in [3.63, 3.8) is 0 Å². The molecule has 0 aliphatic rings. The monoisotopic (exact) mass is 998 g/mol. The van der Waals surface area contributed by atoms with Crippen LogP contribution in [-0.2, 0) is 14.3 Å². The lowest BCUT2D eigenvalue weighted by Crippen LogP contribution is -2.45. The predicted molar refractivity (Wildman–Crippen MR) is 310 cm³/mol. The third-order valence-electron chi connectivity index (χ3n) is 14.7. The fraction of sp³-hybridized carbons (Fsp3) is 0.877. The maximum atomic E-state index is 12.5. The van der Waals surface area contributed by atoms with Gasteiger partial charge in [0.25, 0.3) is 0 Å². The zero-order valence-electron chi connectivity index (χ0n) is 47.7. The average Bonchev–Trinajstić information content (AvgIpc) is 3.37. The zero-order chi connectivity index (χ0) is 51.4. The number of amides is 1. The SMILES string of the molecule is CCCCC/C=C\C/C=C\CCCCCCCC(=O)OCCCCCCCCCCCCCC/C=C\CCCCCCCCCCCC(=O)NC(CO)C(O)CCCCCCCCCCCCCCCC. The number of aliphatic hydroxyl groups is 2. The maximum absolute atomic E-state index is 12.5. The van der Waals surface area contributed by atoms with E-state index in [1.54, 1.807) is 0 Å². The first kappa shape index (κ1) is 69.1. The van der Waals surface area contributed by atoms with Gasteiger partial charge >= 0.3 is 5.97 Å². The Kier molecular flexibility index (Phi) is 59.0. The first-order chi connectivity index (χ1) is 35.0. The van der Waals surface area contributed by atoms with E-state index in [-0.39, 0.29) is 18.5 Å². The Morgan fingerprint density at radius 3 is 1.11 bits per heavy atom. The van der Waals surface area contributed by atoms with Crippen LogP contribution in [0.25, 0.3) is 0 Å². The van der Waals surface area contributed by atoms with Crippen molar-refractivity contribution in [2.75, 3.05) is 13.2 Å². The van der Waals surface area contributed by atoms with E-state index in [4.69, 9.17) is 4.74 Å². The molecule has 0 heterocycles. The van der Waals surface area contributed by atoms with Crippen LogP contribution < -0.4 is 5.32 Å². The van der Waals surface area contributed by atoms with E-state index in [0.29, 0.717) is 25.9 Å². The molecular formula is C65H123NO5. The molecule has 0 aliphatic heterocycles. The lowest BCUT2D eigenvalue weighted by Gasteiger charge is -2.22. The minimum atomic E-state index is -0.666. The molecular weight excluding hydrogens is 875 g/mol. The number of allylic oxidation sites excluding steroid dienone is 6. The van der Waals surface area contributed by atoms with Gasteiger partial charge in [-0.05, 0) is 83.5 Å². The molecule has 6 heteroatoms. The van der Waals surface area contributed by atoms with Crippen LogP contribution in [0, 0.1) is 0 Å². The van der Waals surface area contributed by atoms with Crippen molar-refractivity contribution in [1.29, 1.82) is 0 Å². The summed E-state index contributed by atoms with van der Waals surface area (Å²) in [6.45, 7) is 4.93. The van der Waals surface area contributed by atoms with Gasteiger partial charge in [-0.25, -0.2) is 0 Å². The number of rotatable bonds is 59. The Bertz CT molecular complexity index is 1150. The Morgan fingerprint density at radius 1 is 0.394 bits per heavy atom. The second kappa shape index (κ2) is 60.6. The van der Waals surface area contributed by atoms with Gasteiger partial charge in [0.1, 0.15) is 0 Å². The molecule has 2 unspecified atom stereocenters. The molecule has 6 nitrogen and oxygen atoms in total. The quantitative estimate of drug-likeness (QED) is 0.0321. The van der Waals surface area contributed by atoms with Crippen LogP contribution >= 0.6 is 0 Å². The van der Waals surface area contributed by atoms with E-state index < -0.39 is 12.1 Å². The summed E-state index contributed by atoms with van der Waals surface area (Å²) in [5, 5.41) is 23.3. The number of hydrogen-bond acceptors (Lipinski definition) is 5. The molecule has 418 valence electrons. The lowest BCUT2D eigenvalue weighted by molar-refractivity contribution is -0.143. The van der Waals surface area contributed by atoms with Crippen molar-refractivity contribution in [2.24, 2.45) is 0 Å². The van der Waals surface area contributed by atoms with Crippen LogP contribution in [-0.4, -0.2) is 47.4 Å². The van der Waals surface area contributed by atoms with E-state index in [1.807, 2.05) is 0 Å². The van der Waals surface area contributed by atoms with Gasteiger partial charge < -0.3 is 20.3 Å². The van der Waals surface area contributed by atoms with Gasteiger partial charge in [-0.3, -0.25) is 9.59 Å². The fourth-order valence-electron chi connectivity index (χ4n) is 9.78. The third-order valence-corrected chi connectivity index (χ3v) is 14.7. The largest absolute Gasteiger partial charge is 0.466 e. The molecule has 0 radical (unpaired) electrons. The molecule has 0 rings (SSSR count). The van der Waals surface area contributed by atoms with Gasteiger partial charge in [-0.15, -0.1) is 0 Å². The molecule has 0 aromatic heterocycles. The molecule has 0 aliphatic carbocycles. The van der Waals surface area contributed by atoms with Gasteiger partial charge in [-0.1, -0.05) is 281 Å². The number of aliphatic hydroxyl groups excluding tert-OH is 2. The highest BCUT2D eigenvalue weighted by molar-refractivity contribution is 5.76. The van der Waals surface area contributed by atoms with Crippen molar-refractivity contribution >= 4 is 11.9 Å². The summed E-state index contributed by atoms with van der Waals surface area (Å²) in [4.78, 5) is 24.5. The number of unbranched alkanes of at least 4 members (excludes halogenated alkanes) is 42. The van der Waals surface area contributed by atoms with Crippen LogP contribution in [0.1, 0.15) is 341 Å². The van der Waals surface area contributed by atoms with Crippen molar-refractivity contribution in [3.8, 4) is 0 Å². The standard InChI is InChI=1S/C65H123NO5/c1-3-5-7-9-11-13-15-17-30-35-39-43-47-51-55-59-65(70)71-60-56-52-48-44-40-36-32-29-27-25-23-21-19-20-22-24-26-28-31-34-38-42-46-50-54-58-64(69)66-62(61-67)63(68)57-53-49-45-41-37-33-18-16-14-12-10-8-6-4-2/h11,13,17,20,22,30,62-63,67-68H,3-10,12,14-16,18-19,21,23-29,31-61H2,1-2H3,(H,66,69)/b13-11-,22-20-,30-17-. The molecule has 0 saturated carbocycles. The van der Waals surface area contributed by atoms with Gasteiger partial charge in [0.05, 0.1) is 25.4 Å². The summed E-state index contributed by atoms with van der Waals surface area (Å²) < 4.78 is 5.48. The predicted octanol–water partition coefficient (Wildman–Crippen LogP) is 20.0. The Morgan fingerprint density at radius 2 is 0.704 bits per heavy atom. The topological polar surface area (TPSA) is 95.9 Å². The molecule has 1 amide bonds. The summed E-state index contributed by atoms with van der Waals surface area (Å²) >= 11 is 0. The first-order valence-corrected chi connectivity index (χ1v) is 31.7. The van der Waals surface area contributed by atoms with Crippen molar-refractivity contribution in [2.45, 2.75) is 353 Å². The third kappa shape index (κ3) is 57.2. The number of hydrogen-bond donors (Lipinski definition) is 3. The molecule has 0 spiro atoms. The number of carbonyl (C=O) groups is 2. The Hall–Kier alpha value is -1.92. The zero-order valence-corrected chi connectivity index (χ0v) is 47.7. The van der Waals surface area contributed by atoms with Crippen molar-refractivity contribution in [3.05, 3.63) is 36.5 Å². The molecule has 2 atom stereocenters. The molecule has 0 bridgehead atoms. The van der Waals surface area contributed by atoms with E-state index in [2.05, 4.69) is 55.6 Å². The molecule has 3 N–H and O–H groups in total. The van der Waals surface area contributed by atoms with Crippen LogP contribution in [0.5, 0.6) is 0 Å². The second-order valence-electron chi connectivity index (χ2n) is 21.7. The number of ether oxygens (including phenoxy) is 1. The van der Waals surface area contributed by atoms with E-state index >= 15 is 0 Å². The van der Waals surface area contributed by atoms with Crippen LogP contribution in [0.2, 0.25) is 0 Å². The summed E-state index contributed by atoms with van der Waals surface area (Å²) in [7, 11) is 0. The lowest BCUT2D eigenvalue weighted by atomic mass is 10.0. The average molecular weight is 999 g/mol. The van der Waals surface area contributed by atoms with Gasteiger partial charge in [0.2, 0.25) is 5.91 Å². The highest BCUT2D eigenvalue weighted by atomic mass is 16.5.